The van der Waals surface area contributed by atoms with Crippen molar-refractivity contribution in [2.24, 2.45) is 4.99 Å². The standard InChI is InChI=1S/C21H24N4O2/c1-22-21(23-13-12-17-10-6-7-11-19(17)26-2)24-15-18-14-20(27-25-18)16-8-4-3-5-9-16/h3-11,14H,12-13,15H2,1-2H3,(H2,22,23,24). The molecule has 27 heavy (non-hydrogen) atoms. The van der Waals surface area contributed by atoms with Gasteiger partial charge in [-0.15, -0.1) is 0 Å². The molecule has 0 atom stereocenters. The van der Waals surface area contributed by atoms with Gasteiger partial charge in [0.15, 0.2) is 11.7 Å². The number of aromatic nitrogens is 1. The lowest BCUT2D eigenvalue weighted by molar-refractivity contribution is 0.409. The molecule has 0 spiro atoms. The fourth-order valence-electron chi connectivity index (χ4n) is 2.75. The first-order valence-corrected chi connectivity index (χ1v) is 8.87. The highest BCUT2D eigenvalue weighted by atomic mass is 16.5. The summed E-state index contributed by atoms with van der Waals surface area (Å²) in [5, 5.41) is 10.7. The second-order valence-corrected chi connectivity index (χ2v) is 5.96. The van der Waals surface area contributed by atoms with Crippen molar-refractivity contribution in [3.8, 4) is 17.1 Å². The summed E-state index contributed by atoms with van der Waals surface area (Å²) in [6.07, 6.45) is 0.840. The third kappa shape index (κ3) is 5.10. The predicted molar refractivity (Wildman–Crippen MR) is 107 cm³/mol. The molecule has 0 amide bonds. The zero-order valence-corrected chi connectivity index (χ0v) is 15.6. The van der Waals surface area contributed by atoms with E-state index in [-0.39, 0.29) is 0 Å². The van der Waals surface area contributed by atoms with E-state index in [1.54, 1.807) is 14.2 Å². The second-order valence-electron chi connectivity index (χ2n) is 5.96. The van der Waals surface area contributed by atoms with Gasteiger partial charge in [0.2, 0.25) is 0 Å². The van der Waals surface area contributed by atoms with Crippen molar-refractivity contribution >= 4 is 5.96 Å². The maximum absolute atomic E-state index is 5.42. The summed E-state index contributed by atoms with van der Waals surface area (Å²) in [7, 11) is 3.44. The molecule has 0 saturated heterocycles. The van der Waals surface area contributed by atoms with Gasteiger partial charge in [-0.05, 0) is 18.1 Å². The van der Waals surface area contributed by atoms with Crippen molar-refractivity contribution in [1.29, 1.82) is 0 Å². The Balaban J connectivity index is 1.49. The molecule has 2 N–H and O–H groups in total. The minimum absolute atomic E-state index is 0.532. The molecule has 2 aromatic carbocycles. The molecule has 0 fully saturated rings. The number of nitrogens with zero attached hydrogens (tertiary/aromatic N) is 2. The van der Waals surface area contributed by atoms with Gasteiger partial charge in [-0.25, -0.2) is 0 Å². The zero-order valence-electron chi connectivity index (χ0n) is 15.6. The van der Waals surface area contributed by atoms with Gasteiger partial charge < -0.3 is 19.9 Å². The summed E-state index contributed by atoms with van der Waals surface area (Å²) in [5.74, 6) is 2.37. The fraction of sp³-hybridized carbons (Fsp3) is 0.238. The van der Waals surface area contributed by atoms with Crippen LogP contribution in [0.4, 0.5) is 0 Å². The lowest BCUT2D eigenvalue weighted by Crippen LogP contribution is -2.37. The highest BCUT2D eigenvalue weighted by Gasteiger charge is 2.07. The Morgan fingerprint density at radius 1 is 1.07 bits per heavy atom. The molecule has 0 aliphatic carbocycles. The third-order valence-electron chi connectivity index (χ3n) is 4.16. The number of methoxy groups -OCH3 is 1. The first-order chi connectivity index (χ1) is 13.3. The van der Waals surface area contributed by atoms with Crippen LogP contribution in [0.3, 0.4) is 0 Å². The molecular weight excluding hydrogens is 340 g/mol. The quantitative estimate of drug-likeness (QED) is 0.497. The Bertz CT molecular complexity index is 875. The van der Waals surface area contributed by atoms with Gasteiger partial charge in [0.1, 0.15) is 11.4 Å². The van der Waals surface area contributed by atoms with Crippen LogP contribution in [0.2, 0.25) is 0 Å². The minimum atomic E-state index is 0.532. The molecule has 0 saturated carbocycles. The predicted octanol–water partition coefficient (Wildman–Crippen LogP) is 3.26. The van der Waals surface area contributed by atoms with E-state index in [1.165, 1.54) is 0 Å². The van der Waals surface area contributed by atoms with Crippen LogP contribution < -0.4 is 15.4 Å². The lowest BCUT2D eigenvalue weighted by Gasteiger charge is -2.12. The van der Waals surface area contributed by atoms with E-state index in [0.717, 1.165) is 41.3 Å². The first kappa shape index (κ1) is 18.5. The summed E-state index contributed by atoms with van der Waals surface area (Å²) >= 11 is 0. The Kier molecular flexibility index (Phi) is 6.46. The zero-order chi connectivity index (χ0) is 18.9. The van der Waals surface area contributed by atoms with E-state index >= 15 is 0 Å². The number of guanidine groups is 1. The van der Waals surface area contributed by atoms with Crippen molar-refractivity contribution in [3.63, 3.8) is 0 Å². The molecule has 140 valence electrons. The number of para-hydroxylation sites is 1. The average Bonchev–Trinajstić information content (AvgIpc) is 3.20. The van der Waals surface area contributed by atoms with Gasteiger partial charge in [-0.1, -0.05) is 53.7 Å². The number of hydrogen-bond acceptors (Lipinski definition) is 4. The van der Waals surface area contributed by atoms with Gasteiger partial charge in [-0.2, -0.15) is 0 Å². The first-order valence-electron chi connectivity index (χ1n) is 8.87. The average molecular weight is 364 g/mol. The van der Waals surface area contributed by atoms with Crippen molar-refractivity contribution in [1.82, 2.24) is 15.8 Å². The maximum atomic E-state index is 5.42. The maximum Gasteiger partial charge on any atom is 0.191 e. The van der Waals surface area contributed by atoms with E-state index in [9.17, 15) is 0 Å². The number of ether oxygens (including phenoxy) is 1. The van der Waals surface area contributed by atoms with Crippen molar-refractivity contribution in [2.45, 2.75) is 13.0 Å². The molecule has 6 heteroatoms. The molecule has 1 aromatic heterocycles. The highest BCUT2D eigenvalue weighted by Crippen LogP contribution is 2.19. The summed E-state index contributed by atoms with van der Waals surface area (Å²) in [6.45, 7) is 1.28. The van der Waals surface area contributed by atoms with Crippen LogP contribution in [0.25, 0.3) is 11.3 Å². The van der Waals surface area contributed by atoms with Crippen molar-refractivity contribution in [3.05, 3.63) is 71.9 Å². The van der Waals surface area contributed by atoms with E-state index in [2.05, 4.69) is 26.8 Å². The Labute approximate surface area is 159 Å². The summed E-state index contributed by atoms with van der Waals surface area (Å²) < 4.78 is 10.8. The number of rotatable bonds is 7. The second kappa shape index (κ2) is 9.43. The highest BCUT2D eigenvalue weighted by molar-refractivity contribution is 5.79. The van der Waals surface area contributed by atoms with E-state index in [1.807, 2.05) is 54.6 Å². The van der Waals surface area contributed by atoms with Gasteiger partial charge >= 0.3 is 0 Å². The van der Waals surface area contributed by atoms with Gasteiger partial charge in [-0.3, -0.25) is 4.99 Å². The molecule has 3 aromatic rings. The lowest BCUT2D eigenvalue weighted by atomic mass is 10.1. The van der Waals surface area contributed by atoms with Crippen LogP contribution in [0, 0.1) is 0 Å². The van der Waals surface area contributed by atoms with Crippen LogP contribution in [0.5, 0.6) is 5.75 Å². The molecular formula is C21H24N4O2. The van der Waals surface area contributed by atoms with Crippen molar-refractivity contribution in [2.75, 3.05) is 20.7 Å². The number of aliphatic imine (C=N–C) groups is 1. The monoisotopic (exact) mass is 364 g/mol. The number of nitrogens with one attached hydrogen (secondary N) is 2. The number of hydrogen-bond donors (Lipinski definition) is 2. The molecule has 0 unspecified atom stereocenters. The minimum Gasteiger partial charge on any atom is -0.496 e. The van der Waals surface area contributed by atoms with Gasteiger partial charge in [0, 0.05) is 25.2 Å². The normalized spacial score (nSPS) is 11.3. The topological polar surface area (TPSA) is 71.7 Å². The molecule has 0 bridgehead atoms. The van der Waals surface area contributed by atoms with Crippen molar-refractivity contribution < 1.29 is 9.26 Å². The Morgan fingerprint density at radius 3 is 2.63 bits per heavy atom. The van der Waals surface area contributed by atoms with Crippen LogP contribution in [-0.4, -0.2) is 31.8 Å². The third-order valence-corrected chi connectivity index (χ3v) is 4.16. The van der Waals surface area contributed by atoms with Crippen LogP contribution >= 0.6 is 0 Å². The molecule has 6 nitrogen and oxygen atoms in total. The molecule has 0 aliphatic heterocycles. The van der Waals surface area contributed by atoms with E-state index < -0.39 is 0 Å². The van der Waals surface area contributed by atoms with Gasteiger partial charge in [0.25, 0.3) is 0 Å². The van der Waals surface area contributed by atoms with Crippen LogP contribution in [0.1, 0.15) is 11.3 Å². The molecule has 0 radical (unpaired) electrons. The largest absolute Gasteiger partial charge is 0.496 e. The summed E-state index contributed by atoms with van der Waals surface area (Å²) in [6, 6.07) is 19.9. The molecule has 0 aliphatic rings. The van der Waals surface area contributed by atoms with Gasteiger partial charge in [0.05, 0.1) is 13.7 Å². The van der Waals surface area contributed by atoms with E-state index in [0.29, 0.717) is 12.5 Å². The smallest absolute Gasteiger partial charge is 0.191 e. The van der Waals surface area contributed by atoms with Crippen LogP contribution in [0.15, 0.2) is 70.2 Å². The fourth-order valence-corrected chi connectivity index (χ4v) is 2.75. The SMILES string of the molecule is CN=C(NCCc1ccccc1OC)NCc1cc(-c2ccccc2)on1. The molecule has 3 rings (SSSR count). The Morgan fingerprint density at radius 2 is 1.85 bits per heavy atom. The van der Waals surface area contributed by atoms with Crippen LogP contribution in [-0.2, 0) is 13.0 Å². The Hall–Kier alpha value is -3.28. The number of benzene rings is 2. The summed E-state index contributed by atoms with van der Waals surface area (Å²) in [5.41, 5.74) is 2.99. The summed E-state index contributed by atoms with van der Waals surface area (Å²) in [4.78, 5) is 4.25. The van der Waals surface area contributed by atoms with E-state index in [4.69, 9.17) is 9.26 Å². The molecule has 1 heterocycles.